The largest absolute Gasteiger partial charge is 0.385 e. The third-order valence-corrected chi connectivity index (χ3v) is 2.93. The van der Waals surface area contributed by atoms with Gasteiger partial charge in [0.05, 0.1) is 4.92 Å². The smallest absolute Gasteiger partial charge is 0.273 e. The second-order valence-electron chi connectivity index (χ2n) is 5.19. The minimum Gasteiger partial charge on any atom is -0.385 e. The van der Waals surface area contributed by atoms with E-state index in [0.717, 1.165) is 30.9 Å². The first-order chi connectivity index (χ1) is 9.42. The van der Waals surface area contributed by atoms with E-state index in [1.54, 1.807) is 12.1 Å². The summed E-state index contributed by atoms with van der Waals surface area (Å²) in [5.74, 6) is 0. The highest BCUT2D eigenvalue weighted by molar-refractivity contribution is 5.63. The maximum atomic E-state index is 11.0. The van der Waals surface area contributed by atoms with Crippen molar-refractivity contribution in [1.29, 1.82) is 0 Å². The maximum Gasteiger partial charge on any atom is 0.273 e. The molecule has 0 heterocycles. The second-order valence-corrected chi connectivity index (χ2v) is 5.19. The number of nitrogens with zero attached hydrogens (tertiary/aromatic N) is 2. The Hall–Kier alpha value is -1.82. The molecule has 6 heteroatoms. The number of benzene rings is 1. The molecule has 0 bridgehead atoms. The van der Waals surface area contributed by atoms with Gasteiger partial charge in [0.15, 0.2) is 0 Å². The normalized spacial score (nSPS) is 12.2. The zero-order chi connectivity index (χ0) is 15.1. The molecule has 0 radical (unpaired) electrons. The van der Waals surface area contributed by atoms with E-state index in [4.69, 9.17) is 0 Å². The minimum atomic E-state index is -0.365. The number of non-ortho nitro benzene ring substituents is 1. The Morgan fingerprint density at radius 3 is 2.50 bits per heavy atom. The summed E-state index contributed by atoms with van der Waals surface area (Å²) >= 11 is 0. The lowest BCUT2D eigenvalue weighted by atomic mass is 10.2. The van der Waals surface area contributed by atoms with Crippen molar-refractivity contribution in [2.75, 3.05) is 37.8 Å². The van der Waals surface area contributed by atoms with Gasteiger partial charge in [0.1, 0.15) is 0 Å². The molecule has 20 heavy (non-hydrogen) atoms. The number of hydrogen-bond donors (Lipinski definition) is 2. The molecule has 6 nitrogen and oxygen atoms in total. The molecule has 1 aromatic rings. The van der Waals surface area contributed by atoms with Crippen LogP contribution in [0.15, 0.2) is 18.2 Å². The molecule has 112 valence electrons. The highest BCUT2D eigenvalue weighted by Gasteiger charge is 2.11. The number of nitrogens with one attached hydrogen (secondary N) is 2. The van der Waals surface area contributed by atoms with Crippen LogP contribution < -0.4 is 10.6 Å². The fraction of sp³-hybridized carbons (Fsp3) is 0.571. The molecule has 0 aromatic heterocycles. The van der Waals surface area contributed by atoms with Crippen molar-refractivity contribution in [3.63, 3.8) is 0 Å². The Balaban J connectivity index is 2.79. The molecule has 1 unspecified atom stereocenters. The van der Waals surface area contributed by atoms with Crippen LogP contribution in [0.1, 0.15) is 20.3 Å². The number of rotatable bonds is 8. The van der Waals surface area contributed by atoms with Gasteiger partial charge in [-0.3, -0.25) is 10.1 Å². The van der Waals surface area contributed by atoms with Gasteiger partial charge in [-0.05, 0) is 47.0 Å². The van der Waals surface area contributed by atoms with E-state index in [1.165, 1.54) is 0 Å². The van der Waals surface area contributed by atoms with Crippen LogP contribution in [-0.2, 0) is 0 Å². The van der Waals surface area contributed by atoms with Gasteiger partial charge < -0.3 is 15.5 Å². The van der Waals surface area contributed by atoms with Gasteiger partial charge in [-0.25, -0.2) is 0 Å². The summed E-state index contributed by atoms with van der Waals surface area (Å²) in [4.78, 5) is 12.7. The van der Waals surface area contributed by atoms with E-state index in [1.807, 2.05) is 27.1 Å². The first-order valence-corrected chi connectivity index (χ1v) is 6.87. The van der Waals surface area contributed by atoms with Crippen molar-refractivity contribution in [2.45, 2.75) is 26.3 Å². The fourth-order valence-electron chi connectivity index (χ4n) is 1.91. The molecule has 0 spiro atoms. The monoisotopic (exact) mass is 280 g/mol. The van der Waals surface area contributed by atoms with Crippen LogP contribution in [0.25, 0.3) is 0 Å². The van der Waals surface area contributed by atoms with Crippen molar-refractivity contribution in [1.82, 2.24) is 4.90 Å². The maximum absolute atomic E-state index is 11.0. The molecule has 0 saturated heterocycles. The van der Waals surface area contributed by atoms with Gasteiger partial charge in [-0.1, -0.05) is 0 Å². The summed E-state index contributed by atoms with van der Waals surface area (Å²) in [6.07, 6.45) is 0.978. The highest BCUT2D eigenvalue weighted by Crippen LogP contribution is 2.25. The van der Waals surface area contributed by atoms with Crippen molar-refractivity contribution < 1.29 is 4.92 Å². The average Bonchev–Trinajstić information content (AvgIpc) is 2.36. The van der Waals surface area contributed by atoms with Crippen LogP contribution in [0.3, 0.4) is 0 Å². The Morgan fingerprint density at radius 2 is 1.95 bits per heavy atom. The summed E-state index contributed by atoms with van der Waals surface area (Å²) in [6.45, 7) is 5.75. The Labute approximate surface area is 120 Å². The van der Waals surface area contributed by atoms with E-state index in [-0.39, 0.29) is 16.7 Å². The summed E-state index contributed by atoms with van der Waals surface area (Å²) in [5.41, 5.74) is 1.65. The summed E-state index contributed by atoms with van der Waals surface area (Å²) < 4.78 is 0. The zero-order valence-corrected chi connectivity index (χ0v) is 12.6. The van der Waals surface area contributed by atoms with Crippen molar-refractivity contribution in [3.05, 3.63) is 28.3 Å². The Bertz CT molecular complexity index is 449. The quantitative estimate of drug-likeness (QED) is 0.566. The van der Waals surface area contributed by atoms with Crippen LogP contribution in [0.4, 0.5) is 17.1 Å². The Kier molecular flexibility index (Phi) is 6.24. The zero-order valence-electron chi connectivity index (χ0n) is 12.6. The topological polar surface area (TPSA) is 70.4 Å². The molecular weight excluding hydrogens is 256 g/mol. The molecule has 1 atom stereocenters. The van der Waals surface area contributed by atoms with Crippen LogP contribution in [0, 0.1) is 10.1 Å². The number of nitro groups is 1. The average molecular weight is 280 g/mol. The number of anilines is 2. The van der Waals surface area contributed by atoms with Gasteiger partial charge in [-0.15, -0.1) is 0 Å². The second kappa shape index (κ2) is 7.69. The van der Waals surface area contributed by atoms with Crippen molar-refractivity contribution >= 4 is 17.1 Å². The highest BCUT2D eigenvalue weighted by atomic mass is 16.6. The van der Waals surface area contributed by atoms with Gasteiger partial charge in [0.2, 0.25) is 0 Å². The van der Waals surface area contributed by atoms with Gasteiger partial charge in [0, 0.05) is 36.1 Å². The lowest BCUT2D eigenvalue weighted by Crippen LogP contribution is -2.23. The Morgan fingerprint density at radius 1 is 1.30 bits per heavy atom. The summed E-state index contributed by atoms with van der Waals surface area (Å²) in [7, 11) is 4.06. The molecule has 0 fully saturated rings. The first kappa shape index (κ1) is 16.2. The van der Waals surface area contributed by atoms with Crippen LogP contribution >= 0.6 is 0 Å². The predicted molar refractivity (Wildman–Crippen MR) is 83.5 cm³/mol. The summed E-state index contributed by atoms with van der Waals surface area (Å²) in [5, 5.41) is 17.4. The molecule has 1 aromatic carbocycles. The standard InChI is InChI=1S/C14H24N4O2/c1-5-15-12-8-13(10-14(9-12)18(19)20)16-11(2)6-7-17(3)4/h8-11,15-16H,5-7H2,1-4H3. The van der Waals surface area contributed by atoms with E-state index < -0.39 is 0 Å². The van der Waals surface area contributed by atoms with Crippen LogP contribution in [0.2, 0.25) is 0 Å². The van der Waals surface area contributed by atoms with Gasteiger partial charge in [-0.2, -0.15) is 0 Å². The molecule has 0 aliphatic heterocycles. The molecular formula is C14H24N4O2. The number of hydrogen-bond acceptors (Lipinski definition) is 5. The lowest BCUT2D eigenvalue weighted by molar-refractivity contribution is -0.384. The van der Waals surface area contributed by atoms with E-state index in [9.17, 15) is 10.1 Å². The van der Waals surface area contributed by atoms with Gasteiger partial charge in [0.25, 0.3) is 5.69 Å². The third kappa shape index (κ3) is 5.44. The van der Waals surface area contributed by atoms with E-state index in [0.29, 0.717) is 0 Å². The fourth-order valence-corrected chi connectivity index (χ4v) is 1.91. The first-order valence-electron chi connectivity index (χ1n) is 6.87. The molecule has 0 aliphatic carbocycles. The molecule has 2 N–H and O–H groups in total. The van der Waals surface area contributed by atoms with Crippen LogP contribution in [-0.4, -0.2) is 43.0 Å². The SMILES string of the molecule is CCNc1cc(NC(C)CCN(C)C)cc([N+](=O)[O-])c1. The molecule has 1 rings (SSSR count). The molecule has 0 amide bonds. The van der Waals surface area contributed by atoms with Gasteiger partial charge >= 0.3 is 0 Å². The number of nitro benzene ring substituents is 1. The summed E-state index contributed by atoms with van der Waals surface area (Å²) in [6, 6.07) is 5.29. The minimum absolute atomic E-state index is 0.103. The van der Waals surface area contributed by atoms with E-state index >= 15 is 0 Å². The lowest BCUT2D eigenvalue weighted by Gasteiger charge is -2.18. The van der Waals surface area contributed by atoms with Crippen LogP contribution in [0.5, 0.6) is 0 Å². The van der Waals surface area contributed by atoms with E-state index in [2.05, 4.69) is 22.5 Å². The molecule has 0 aliphatic rings. The predicted octanol–water partition coefficient (Wildman–Crippen LogP) is 2.78. The third-order valence-electron chi connectivity index (χ3n) is 2.93. The van der Waals surface area contributed by atoms with Crippen molar-refractivity contribution in [2.24, 2.45) is 0 Å². The van der Waals surface area contributed by atoms with Crippen molar-refractivity contribution in [3.8, 4) is 0 Å². The molecule has 0 saturated carbocycles.